The number of amides is 1. The topological polar surface area (TPSA) is 60.5 Å². The van der Waals surface area contributed by atoms with Crippen molar-refractivity contribution in [1.82, 2.24) is 4.98 Å². The Morgan fingerprint density at radius 3 is 2.22 bits per heavy atom. The molecule has 0 radical (unpaired) electrons. The molecule has 6 heteroatoms. The van der Waals surface area contributed by atoms with Crippen LogP contribution in [0.5, 0.6) is 11.5 Å². The number of benzene rings is 3. The largest absolute Gasteiger partial charge is 0.497 e. The summed E-state index contributed by atoms with van der Waals surface area (Å²) in [6.07, 6.45) is 0. The molecule has 2 heterocycles. The Morgan fingerprint density at radius 1 is 0.844 bits per heavy atom. The van der Waals surface area contributed by atoms with E-state index in [1.807, 2.05) is 66.7 Å². The minimum atomic E-state index is -0.162. The van der Waals surface area contributed by atoms with Crippen LogP contribution in [0.4, 0.5) is 5.69 Å². The van der Waals surface area contributed by atoms with E-state index >= 15 is 0 Å². The number of hydrogen-bond acceptors (Lipinski definition) is 4. The van der Waals surface area contributed by atoms with E-state index in [0.29, 0.717) is 11.4 Å². The highest BCUT2D eigenvalue weighted by molar-refractivity contribution is 9.10. The number of carbonyl (C=O) groups excluding carboxylic acids is 1. The maximum atomic E-state index is 11.8. The van der Waals surface area contributed by atoms with Gasteiger partial charge < -0.3 is 14.8 Å². The number of halogens is 1. The zero-order chi connectivity index (χ0) is 22.1. The molecule has 1 amide bonds. The van der Waals surface area contributed by atoms with Crippen LogP contribution in [0.2, 0.25) is 0 Å². The maximum absolute atomic E-state index is 11.8. The number of aromatic nitrogens is 1. The predicted molar refractivity (Wildman–Crippen MR) is 129 cm³/mol. The molecular weight excluding hydrogens is 468 g/mol. The van der Waals surface area contributed by atoms with E-state index in [1.54, 1.807) is 7.11 Å². The van der Waals surface area contributed by atoms with Gasteiger partial charge in [0, 0.05) is 15.6 Å². The van der Waals surface area contributed by atoms with Gasteiger partial charge in [-0.15, -0.1) is 0 Å². The molecule has 0 spiro atoms. The fourth-order valence-corrected chi connectivity index (χ4v) is 3.90. The van der Waals surface area contributed by atoms with Crippen molar-refractivity contribution in [2.75, 3.05) is 19.0 Å². The summed E-state index contributed by atoms with van der Waals surface area (Å²) in [5.41, 5.74) is 6.32. The van der Waals surface area contributed by atoms with Crippen LogP contribution in [0.15, 0.2) is 83.3 Å². The number of hydrogen-bond donors (Lipinski definition) is 1. The predicted octanol–water partition coefficient (Wildman–Crippen LogP) is 6.18. The van der Waals surface area contributed by atoms with Crippen molar-refractivity contribution in [2.24, 2.45) is 0 Å². The number of nitrogens with zero attached hydrogens (tertiary/aromatic N) is 1. The van der Waals surface area contributed by atoms with Gasteiger partial charge >= 0.3 is 0 Å². The minimum Gasteiger partial charge on any atom is -0.497 e. The van der Waals surface area contributed by atoms with Crippen LogP contribution in [-0.2, 0) is 4.79 Å². The first kappa shape index (κ1) is 20.3. The van der Waals surface area contributed by atoms with Crippen molar-refractivity contribution in [2.45, 2.75) is 0 Å². The summed E-state index contributed by atoms with van der Waals surface area (Å²) in [4.78, 5) is 16.7. The van der Waals surface area contributed by atoms with Gasteiger partial charge in [0.15, 0.2) is 6.61 Å². The number of pyridine rings is 1. The van der Waals surface area contributed by atoms with Crippen molar-refractivity contribution >= 4 is 27.5 Å². The van der Waals surface area contributed by atoms with Crippen LogP contribution in [0.25, 0.3) is 33.6 Å². The Hall–Kier alpha value is -3.64. The summed E-state index contributed by atoms with van der Waals surface area (Å²) in [6.45, 7) is 0.0330. The highest BCUT2D eigenvalue weighted by Gasteiger charge is 2.17. The average Bonchev–Trinajstić information content (AvgIpc) is 2.84. The second-order valence-electron chi connectivity index (χ2n) is 7.41. The highest BCUT2D eigenvalue weighted by atomic mass is 79.9. The van der Waals surface area contributed by atoms with Crippen molar-refractivity contribution < 1.29 is 14.3 Å². The van der Waals surface area contributed by atoms with Crippen molar-refractivity contribution in [3.05, 3.63) is 83.3 Å². The van der Waals surface area contributed by atoms with Crippen LogP contribution in [0, 0.1) is 0 Å². The third-order valence-corrected chi connectivity index (χ3v) is 5.83. The Balaban J connectivity index is 1.64. The molecule has 0 saturated heterocycles. The summed E-state index contributed by atoms with van der Waals surface area (Å²) >= 11 is 3.50. The smallest absolute Gasteiger partial charge is 0.262 e. The fourth-order valence-electron chi connectivity index (χ4n) is 3.64. The fraction of sp³-hybridized carbons (Fsp3) is 0.0769. The molecule has 1 aliphatic rings. The Bertz CT molecular complexity index is 1300. The first-order chi connectivity index (χ1) is 15.6. The molecule has 1 aliphatic heterocycles. The first-order valence-corrected chi connectivity index (χ1v) is 10.9. The normalized spacial score (nSPS) is 12.5. The molecule has 0 unspecified atom stereocenters. The third-order valence-electron chi connectivity index (χ3n) is 5.30. The second kappa shape index (κ2) is 8.48. The maximum Gasteiger partial charge on any atom is 0.262 e. The van der Waals surface area contributed by atoms with Gasteiger partial charge in [0.2, 0.25) is 0 Å². The van der Waals surface area contributed by atoms with Crippen molar-refractivity contribution in [3.8, 4) is 45.1 Å². The molecule has 158 valence electrons. The molecule has 0 saturated carbocycles. The molecule has 3 aromatic carbocycles. The lowest BCUT2D eigenvalue weighted by Gasteiger charge is -2.19. The number of anilines is 1. The number of fused-ring (bicyclic) bond motifs is 1. The third kappa shape index (κ3) is 4.09. The quantitative estimate of drug-likeness (QED) is 0.373. The van der Waals surface area contributed by atoms with Crippen LogP contribution >= 0.6 is 15.9 Å². The summed E-state index contributed by atoms with van der Waals surface area (Å²) in [6, 6.07) is 25.9. The Labute approximate surface area is 194 Å². The number of nitrogens with one attached hydrogen (secondary N) is 1. The first-order valence-electron chi connectivity index (χ1n) is 10.1. The minimum absolute atomic E-state index is 0.0330. The molecule has 32 heavy (non-hydrogen) atoms. The molecule has 4 aromatic rings. The molecule has 5 rings (SSSR count). The van der Waals surface area contributed by atoms with Crippen molar-refractivity contribution in [1.29, 1.82) is 0 Å². The second-order valence-corrected chi connectivity index (χ2v) is 8.33. The molecule has 5 nitrogen and oxygen atoms in total. The van der Waals surface area contributed by atoms with Gasteiger partial charge in [0.25, 0.3) is 5.91 Å². The number of carbonyl (C=O) groups is 1. The SMILES string of the molecule is COc1ccc(-c2cc(-c3ccc(Br)cc3)nc(-c3ccc4c(c3)NC(=O)CO4)c2)cc1. The van der Waals surface area contributed by atoms with E-state index in [0.717, 1.165) is 43.9 Å². The van der Waals surface area contributed by atoms with Gasteiger partial charge in [0.05, 0.1) is 24.2 Å². The van der Waals surface area contributed by atoms with Crippen LogP contribution in [0.3, 0.4) is 0 Å². The van der Waals surface area contributed by atoms with E-state index in [2.05, 4.69) is 33.4 Å². The lowest BCUT2D eigenvalue weighted by molar-refractivity contribution is -0.118. The molecule has 0 fully saturated rings. The monoisotopic (exact) mass is 486 g/mol. The van der Waals surface area contributed by atoms with Crippen LogP contribution in [-0.4, -0.2) is 24.6 Å². The van der Waals surface area contributed by atoms with E-state index in [-0.39, 0.29) is 12.5 Å². The van der Waals surface area contributed by atoms with E-state index in [9.17, 15) is 4.79 Å². The van der Waals surface area contributed by atoms with Gasteiger partial charge in [-0.3, -0.25) is 4.79 Å². The van der Waals surface area contributed by atoms with Gasteiger partial charge in [0.1, 0.15) is 11.5 Å². The lowest BCUT2D eigenvalue weighted by Crippen LogP contribution is -2.25. The van der Waals surface area contributed by atoms with Crippen LogP contribution in [0.1, 0.15) is 0 Å². The van der Waals surface area contributed by atoms with E-state index < -0.39 is 0 Å². The van der Waals surface area contributed by atoms with Gasteiger partial charge in [-0.25, -0.2) is 4.98 Å². The molecule has 0 aliphatic carbocycles. The average molecular weight is 487 g/mol. The summed E-state index contributed by atoms with van der Waals surface area (Å²) in [5, 5.41) is 2.87. The van der Waals surface area contributed by atoms with Gasteiger partial charge in [-0.2, -0.15) is 0 Å². The summed E-state index contributed by atoms with van der Waals surface area (Å²) in [7, 11) is 1.66. The zero-order valence-electron chi connectivity index (χ0n) is 17.3. The molecule has 0 bridgehead atoms. The lowest BCUT2D eigenvalue weighted by atomic mass is 9.99. The zero-order valence-corrected chi connectivity index (χ0v) is 18.8. The molecule has 1 aromatic heterocycles. The van der Waals surface area contributed by atoms with E-state index in [1.165, 1.54) is 0 Å². The molecule has 1 N–H and O–H groups in total. The number of rotatable bonds is 4. The summed E-state index contributed by atoms with van der Waals surface area (Å²) < 4.78 is 11.8. The Kier molecular flexibility index (Phi) is 5.37. The van der Waals surface area contributed by atoms with Gasteiger partial charge in [-0.1, -0.05) is 40.2 Å². The highest BCUT2D eigenvalue weighted by Crippen LogP contribution is 2.35. The van der Waals surface area contributed by atoms with Crippen LogP contribution < -0.4 is 14.8 Å². The van der Waals surface area contributed by atoms with E-state index in [4.69, 9.17) is 14.5 Å². The summed E-state index contributed by atoms with van der Waals surface area (Å²) in [5.74, 6) is 1.31. The number of ether oxygens (including phenoxy) is 2. The standard InChI is InChI=1S/C26H19BrN2O3/c1-31-21-9-4-16(5-10-21)19-13-22(17-2-7-20(27)8-3-17)28-23(14-19)18-6-11-25-24(12-18)29-26(30)15-32-25/h2-14H,15H2,1H3,(H,29,30). The van der Waals surface area contributed by atoms with Crippen molar-refractivity contribution in [3.63, 3.8) is 0 Å². The number of methoxy groups -OCH3 is 1. The van der Waals surface area contributed by atoms with Gasteiger partial charge in [-0.05, 0) is 65.7 Å². The molecular formula is C26H19BrN2O3. The Morgan fingerprint density at radius 2 is 1.50 bits per heavy atom. The molecule has 0 atom stereocenters.